The van der Waals surface area contributed by atoms with Gasteiger partial charge in [-0.05, 0) is 17.7 Å². The second kappa shape index (κ2) is 11.6. The van der Waals surface area contributed by atoms with E-state index in [1.54, 1.807) is 19.6 Å². The van der Waals surface area contributed by atoms with Crippen LogP contribution >= 0.6 is 0 Å². The lowest BCUT2D eigenvalue weighted by Crippen LogP contribution is -2.45. The van der Waals surface area contributed by atoms with Crippen LogP contribution in [0.4, 0.5) is 11.9 Å². The minimum absolute atomic E-state index is 0.510. The van der Waals surface area contributed by atoms with Crippen molar-refractivity contribution in [3.63, 3.8) is 0 Å². The van der Waals surface area contributed by atoms with Gasteiger partial charge in [0.1, 0.15) is 18.7 Å². The Hall–Kier alpha value is -4.06. The third-order valence-electron chi connectivity index (χ3n) is 5.78. The maximum Gasteiger partial charge on any atom is 0.330 e. The van der Waals surface area contributed by atoms with E-state index in [1.165, 1.54) is 0 Å². The Kier molecular flexibility index (Phi) is 8.06. The van der Waals surface area contributed by atoms with Crippen molar-refractivity contribution < 1.29 is 9.84 Å². The third kappa shape index (κ3) is 5.77. The number of quaternary nitrogens is 1. The van der Waals surface area contributed by atoms with Gasteiger partial charge in [-0.2, -0.15) is 9.97 Å². The Balaban J connectivity index is 0.00000148. The first-order valence-electron chi connectivity index (χ1n) is 11.4. The van der Waals surface area contributed by atoms with Crippen molar-refractivity contribution in [2.45, 2.75) is 6.61 Å². The Labute approximate surface area is 210 Å². The highest BCUT2D eigenvalue weighted by Crippen LogP contribution is 2.24. The van der Waals surface area contributed by atoms with Crippen LogP contribution in [0.3, 0.4) is 0 Å². The van der Waals surface area contributed by atoms with Crippen LogP contribution in [0, 0.1) is 0 Å². The SMILES string of the molecule is CO.COCc1cnc(N2CC[N+](C)(c3ncc(/C=C/c4ccc(-n5ccnc5)nc4)cn3)C2)nc1. The van der Waals surface area contributed by atoms with Crippen LogP contribution in [-0.2, 0) is 11.3 Å². The van der Waals surface area contributed by atoms with Crippen molar-refractivity contribution in [1.29, 1.82) is 0 Å². The topological polar surface area (TPSA) is 115 Å². The predicted molar refractivity (Wildman–Crippen MR) is 138 cm³/mol. The van der Waals surface area contributed by atoms with Crippen LogP contribution < -0.4 is 9.38 Å². The van der Waals surface area contributed by atoms with Gasteiger partial charge in [-0.15, -0.1) is 0 Å². The summed E-state index contributed by atoms with van der Waals surface area (Å²) in [6.45, 7) is 2.95. The molecule has 1 fully saturated rings. The van der Waals surface area contributed by atoms with Crippen LogP contribution in [0.1, 0.15) is 16.7 Å². The number of rotatable bonds is 7. The fourth-order valence-corrected chi connectivity index (χ4v) is 3.87. The summed E-state index contributed by atoms with van der Waals surface area (Å²) in [6.07, 6.45) is 18.5. The molecule has 1 atom stereocenters. The molecule has 0 bridgehead atoms. The molecule has 1 unspecified atom stereocenters. The van der Waals surface area contributed by atoms with Crippen LogP contribution in [0.15, 0.2) is 61.8 Å². The second-order valence-electron chi connectivity index (χ2n) is 8.42. The second-order valence-corrected chi connectivity index (χ2v) is 8.42. The Morgan fingerprint density at radius 3 is 2.33 bits per heavy atom. The summed E-state index contributed by atoms with van der Waals surface area (Å²) >= 11 is 0. The van der Waals surface area contributed by atoms with Crippen molar-refractivity contribution in [3.8, 4) is 5.82 Å². The fourth-order valence-electron chi connectivity index (χ4n) is 3.87. The number of hydrogen-bond acceptors (Lipinski definition) is 9. The zero-order valence-electron chi connectivity index (χ0n) is 20.6. The first kappa shape index (κ1) is 25.0. The van der Waals surface area contributed by atoms with Gasteiger partial charge in [-0.3, -0.25) is 9.47 Å². The van der Waals surface area contributed by atoms with Gasteiger partial charge in [0, 0.05) is 68.7 Å². The molecule has 0 saturated carbocycles. The molecule has 11 nitrogen and oxygen atoms in total. The average Bonchev–Trinajstić information content (AvgIpc) is 3.61. The van der Waals surface area contributed by atoms with E-state index in [-0.39, 0.29) is 0 Å². The largest absolute Gasteiger partial charge is 0.400 e. The molecule has 0 aromatic carbocycles. The molecule has 1 saturated heterocycles. The van der Waals surface area contributed by atoms with Crippen LogP contribution in [0.2, 0.25) is 0 Å². The summed E-state index contributed by atoms with van der Waals surface area (Å²) in [5.74, 6) is 2.33. The summed E-state index contributed by atoms with van der Waals surface area (Å²) in [6, 6.07) is 3.98. The minimum Gasteiger partial charge on any atom is -0.400 e. The molecule has 36 heavy (non-hydrogen) atoms. The Bertz CT molecular complexity index is 1240. The van der Waals surface area contributed by atoms with Crippen molar-refractivity contribution >= 4 is 24.0 Å². The third-order valence-corrected chi connectivity index (χ3v) is 5.78. The smallest absolute Gasteiger partial charge is 0.330 e. The summed E-state index contributed by atoms with van der Waals surface area (Å²) < 4.78 is 7.60. The van der Waals surface area contributed by atoms with Crippen molar-refractivity contribution in [2.24, 2.45) is 0 Å². The first-order valence-corrected chi connectivity index (χ1v) is 11.4. The molecule has 1 N–H and O–H groups in total. The lowest BCUT2D eigenvalue weighted by Gasteiger charge is -2.25. The van der Waals surface area contributed by atoms with Crippen molar-refractivity contribution in [1.82, 2.24) is 39.0 Å². The van der Waals surface area contributed by atoms with Gasteiger partial charge in [-0.1, -0.05) is 12.2 Å². The maximum atomic E-state index is 7.00. The maximum absolute atomic E-state index is 7.00. The zero-order valence-corrected chi connectivity index (χ0v) is 20.6. The molecule has 0 aliphatic carbocycles. The standard InChI is InChI=1S/C24H26N9O.CH4O/c1-33(10-9-32(18-33)23-27-14-21(15-28-23)16-34-2)24-29-12-20(13-30-24)4-3-19-5-6-22(26-11-19)31-8-7-25-17-31;1-2/h3-8,11-15,17H,9-10,16,18H2,1-2H3;2H,1H3/q+1;/b4-3+;. The van der Waals surface area contributed by atoms with Crippen molar-refractivity contribution in [3.05, 3.63) is 78.5 Å². The molecule has 1 aliphatic rings. The van der Waals surface area contributed by atoms with Gasteiger partial charge in [0.25, 0.3) is 0 Å². The molecule has 0 amide bonds. The monoisotopic (exact) mass is 488 g/mol. The number of aliphatic hydroxyl groups excluding tert-OH is 1. The van der Waals surface area contributed by atoms with Gasteiger partial charge in [0.05, 0.1) is 20.2 Å². The summed E-state index contributed by atoms with van der Waals surface area (Å²) in [5.41, 5.74) is 2.89. The number of likely N-dealkylation sites (N-methyl/N-ethyl adjacent to an activating group) is 1. The van der Waals surface area contributed by atoms with E-state index in [0.717, 1.165) is 48.7 Å². The highest BCUT2D eigenvalue weighted by Gasteiger charge is 2.38. The number of aromatic nitrogens is 7. The minimum atomic E-state index is 0.510. The number of nitrogens with zero attached hydrogens (tertiary/aromatic N) is 9. The molecule has 5 rings (SSSR count). The van der Waals surface area contributed by atoms with E-state index in [2.05, 4.69) is 41.9 Å². The van der Waals surface area contributed by atoms with Gasteiger partial charge in [0.15, 0.2) is 6.67 Å². The number of aliphatic hydroxyl groups is 1. The molecule has 4 aromatic heterocycles. The van der Waals surface area contributed by atoms with E-state index in [0.29, 0.717) is 23.7 Å². The lowest BCUT2D eigenvalue weighted by molar-refractivity contribution is 0.184. The van der Waals surface area contributed by atoms with Gasteiger partial charge < -0.3 is 9.84 Å². The number of methoxy groups -OCH3 is 1. The van der Waals surface area contributed by atoms with Gasteiger partial charge in [0.2, 0.25) is 5.95 Å². The van der Waals surface area contributed by atoms with Crippen LogP contribution in [0.25, 0.3) is 18.0 Å². The molecular formula is C25H30N9O2+. The number of hydrogen-bond donors (Lipinski definition) is 1. The molecule has 186 valence electrons. The molecule has 1 aliphatic heterocycles. The van der Waals surface area contributed by atoms with E-state index < -0.39 is 0 Å². The average molecular weight is 489 g/mol. The summed E-state index contributed by atoms with van der Waals surface area (Å²) in [7, 11) is 4.80. The van der Waals surface area contributed by atoms with Crippen molar-refractivity contribution in [2.75, 3.05) is 45.9 Å². The first-order chi connectivity index (χ1) is 17.6. The number of ether oxygens (including phenoxy) is 1. The molecule has 0 spiro atoms. The van der Waals surface area contributed by atoms with E-state index in [1.807, 2.05) is 66.0 Å². The quantitative estimate of drug-likeness (QED) is 0.391. The van der Waals surface area contributed by atoms with E-state index in [9.17, 15) is 0 Å². The molecular weight excluding hydrogens is 458 g/mol. The Morgan fingerprint density at radius 1 is 0.972 bits per heavy atom. The lowest BCUT2D eigenvalue weighted by atomic mass is 10.2. The fraction of sp³-hybridized carbons (Fsp3) is 0.280. The highest BCUT2D eigenvalue weighted by atomic mass is 16.5. The van der Waals surface area contributed by atoms with Crippen LogP contribution in [0.5, 0.6) is 0 Å². The highest BCUT2D eigenvalue weighted by molar-refractivity contribution is 5.68. The number of pyridine rings is 1. The van der Waals surface area contributed by atoms with E-state index >= 15 is 0 Å². The Morgan fingerprint density at radius 2 is 1.69 bits per heavy atom. The van der Waals surface area contributed by atoms with Gasteiger partial charge >= 0.3 is 5.95 Å². The molecule has 5 heterocycles. The molecule has 11 heteroatoms. The molecule has 4 aromatic rings. The normalized spacial score (nSPS) is 17.3. The van der Waals surface area contributed by atoms with Gasteiger partial charge in [-0.25, -0.2) is 24.4 Å². The van der Waals surface area contributed by atoms with Crippen LogP contribution in [-0.4, -0.2) is 80.6 Å². The van der Waals surface area contributed by atoms with E-state index in [4.69, 9.17) is 9.84 Å². The summed E-state index contributed by atoms with van der Waals surface area (Å²) in [4.78, 5) is 29.0. The number of anilines is 1. The molecule has 0 radical (unpaired) electrons. The predicted octanol–water partition coefficient (Wildman–Crippen LogP) is 2.19. The summed E-state index contributed by atoms with van der Waals surface area (Å²) in [5, 5.41) is 7.00. The zero-order chi connectivity index (χ0) is 25.4. The number of imidazole rings is 1.